The van der Waals surface area contributed by atoms with Gasteiger partial charge in [0.05, 0.1) is 0 Å². The average Bonchev–Trinajstić information content (AvgIpc) is 2.55. The van der Waals surface area contributed by atoms with Gasteiger partial charge in [-0.25, -0.2) is 4.39 Å². The molecule has 0 atom stereocenters. The third-order valence-electron chi connectivity index (χ3n) is 2.83. The lowest BCUT2D eigenvalue weighted by atomic mass is 9.87. The predicted octanol–water partition coefficient (Wildman–Crippen LogP) is 7.83. The van der Waals surface area contributed by atoms with Gasteiger partial charge in [-0.15, -0.1) is 11.8 Å². The van der Waals surface area contributed by atoms with E-state index in [1.807, 2.05) is 27.7 Å². The van der Waals surface area contributed by atoms with Crippen LogP contribution >= 0.6 is 0 Å². The molecular weight excluding hydrogens is 295 g/mol. The second kappa shape index (κ2) is 17.5. The van der Waals surface area contributed by atoms with Gasteiger partial charge in [-0.2, -0.15) is 0 Å². The van der Waals surface area contributed by atoms with Gasteiger partial charge in [0.1, 0.15) is 5.82 Å². The average molecular weight is 333 g/mol. The van der Waals surface area contributed by atoms with E-state index in [4.69, 9.17) is 0 Å². The summed E-state index contributed by atoms with van der Waals surface area (Å²) in [5.74, 6) is 5.18. The Morgan fingerprint density at radius 1 is 0.875 bits per heavy atom. The van der Waals surface area contributed by atoms with E-state index in [1.165, 1.54) is 23.3 Å². The maximum Gasteiger partial charge on any atom is 0.123 e. The van der Waals surface area contributed by atoms with Crippen molar-refractivity contribution in [3.05, 3.63) is 59.4 Å². The number of halogens is 1. The van der Waals surface area contributed by atoms with Crippen molar-refractivity contribution in [2.75, 3.05) is 0 Å². The highest BCUT2D eigenvalue weighted by Crippen LogP contribution is 2.24. The molecule has 1 aromatic carbocycles. The van der Waals surface area contributed by atoms with Crippen molar-refractivity contribution < 1.29 is 4.39 Å². The van der Waals surface area contributed by atoms with Gasteiger partial charge in [0.25, 0.3) is 0 Å². The summed E-state index contributed by atoms with van der Waals surface area (Å²) in [4.78, 5) is 0. The van der Waals surface area contributed by atoms with E-state index >= 15 is 0 Å². The van der Waals surface area contributed by atoms with E-state index in [2.05, 4.69) is 65.5 Å². The van der Waals surface area contributed by atoms with Gasteiger partial charge in [-0.1, -0.05) is 76.1 Å². The van der Waals surface area contributed by atoms with Crippen molar-refractivity contribution >= 4 is 0 Å². The van der Waals surface area contributed by atoms with Crippen LogP contribution in [0.25, 0.3) is 0 Å². The maximum atomic E-state index is 11.9. The molecule has 0 radical (unpaired) electrons. The number of hydrogen-bond donors (Lipinski definition) is 0. The molecule has 1 aromatic rings. The van der Waals surface area contributed by atoms with Crippen molar-refractivity contribution in [2.24, 2.45) is 5.41 Å². The monoisotopic (exact) mass is 332 g/mol. The Labute approximate surface area is 150 Å². The summed E-state index contributed by atoms with van der Waals surface area (Å²) < 4.78 is 11.9. The zero-order valence-electron chi connectivity index (χ0n) is 17.4. The van der Waals surface area contributed by atoms with Gasteiger partial charge < -0.3 is 0 Å². The normalized spacial score (nSPS) is 9.38. The summed E-state index contributed by atoms with van der Waals surface area (Å²) in [6, 6.07) is 7.94. The first-order valence-corrected chi connectivity index (χ1v) is 8.51. The lowest BCUT2D eigenvalue weighted by molar-refractivity contribution is 0.504. The fourth-order valence-electron chi connectivity index (χ4n) is 0.956. The summed E-state index contributed by atoms with van der Waals surface area (Å²) in [6.07, 6.45) is 4.37. The minimum absolute atomic E-state index is 0.178. The highest BCUT2D eigenvalue weighted by molar-refractivity contribution is 5.18. The smallest absolute Gasteiger partial charge is 0.123 e. The molecule has 0 N–H and O–H groups in total. The van der Waals surface area contributed by atoms with Gasteiger partial charge in [-0.05, 0) is 52.2 Å². The molecule has 0 aliphatic rings. The molecule has 1 rings (SSSR count). The molecule has 24 heavy (non-hydrogen) atoms. The van der Waals surface area contributed by atoms with Crippen LogP contribution in [0.2, 0.25) is 0 Å². The van der Waals surface area contributed by atoms with Crippen LogP contribution in [-0.4, -0.2) is 0 Å². The number of allylic oxidation sites excluding steroid dienone is 4. The largest absolute Gasteiger partial charge is 0.207 e. The fraction of sp³-hybridized carbons (Fsp3) is 0.478. The van der Waals surface area contributed by atoms with Crippen LogP contribution in [0.15, 0.2) is 53.6 Å². The molecule has 0 amide bonds. The van der Waals surface area contributed by atoms with Crippen LogP contribution < -0.4 is 0 Å². The lowest BCUT2D eigenvalue weighted by Crippen LogP contribution is -2.05. The molecule has 0 aliphatic carbocycles. The van der Waals surface area contributed by atoms with E-state index in [0.717, 1.165) is 0 Å². The molecule has 0 saturated heterocycles. The number of rotatable bonds is 1. The standard InChI is InChI=1S/C11H20.C6H5F.C4H6.C2H6/c1-9(2)7-8-10(3)11(4,5)6;7-6-4-2-1-3-5-6;1-3-4-2;1-2/h7-8H,1-6H3;1-5H;1-2H3;1-2H3/b10-8+;;;. The summed E-state index contributed by atoms with van der Waals surface area (Å²) in [5.41, 5.74) is 3.10. The SMILES string of the molecule is CC.CC#CC.CC(C)=C/C=C(\C)C(C)(C)C.Fc1ccccc1. The second-order valence-corrected chi connectivity index (χ2v) is 6.14. The second-order valence-electron chi connectivity index (χ2n) is 6.14. The Balaban J connectivity index is -0.000000289. The molecule has 0 heterocycles. The van der Waals surface area contributed by atoms with E-state index in [9.17, 15) is 4.39 Å². The molecule has 0 aliphatic heterocycles. The number of hydrogen-bond acceptors (Lipinski definition) is 0. The first kappa shape index (κ1) is 27.1. The third-order valence-corrected chi connectivity index (χ3v) is 2.83. The first-order chi connectivity index (χ1) is 11.1. The molecular formula is C23H37F. The van der Waals surface area contributed by atoms with Crippen molar-refractivity contribution in [1.82, 2.24) is 0 Å². The van der Waals surface area contributed by atoms with E-state index in [-0.39, 0.29) is 5.82 Å². The molecule has 0 bridgehead atoms. The molecule has 136 valence electrons. The zero-order chi connectivity index (χ0) is 19.6. The highest BCUT2D eigenvalue weighted by atomic mass is 19.1. The minimum atomic E-state index is -0.178. The van der Waals surface area contributed by atoms with Crippen LogP contribution in [-0.2, 0) is 0 Å². The van der Waals surface area contributed by atoms with Crippen LogP contribution in [0.5, 0.6) is 0 Å². The predicted molar refractivity (Wildman–Crippen MR) is 110 cm³/mol. The summed E-state index contributed by atoms with van der Waals surface area (Å²) in [6.45, 7) is 20.8. The van der Waals surface area contributed by atoms with Crippen LogP contribution in [0, 0.1) is 23.1 Å². The Morgan fingerprint density at radius 2 is 1.29 bits per heavy atom. The highest BCUT2D eigenvalue weighted by Gasteiger charge is 2.10. The van der Waals surface area contributed by atoms with Crippen molar-refractivity contribution in [3.8, 4) is 11.8 Å². The number of benzene rings is 1. The Bertz CT molecular complexity index is 492. The summed E-state index contributed by atoms with van der Waals surface area (Å²) in [5, 5.41) is 0. The molecule has 0 aromatic heterocycles. The Morgan fingerprint density at radius 3 is 1.50 bits per heavy atom. The van der Waals surface area contributed by atoms with Gasteiger partial charge >= 0.3 is 0 Å². The van der Waals surface area contributed by atoms with E-state index in [1.54, 1.807) is 18.2 Å². The maximum absolute atomic E-state index is 11.9. The molecule has 0 unspecified atom stereocenters. The quantitative estimate of drug-likeness (QED) is 0.363. The van der Waals surface area contributed by atoms with Gasteiger partial charge in [0.2, 0.25) is 0 Å². The molecule has 0 nitrogen and oxygen atoms in total. The van der Waals surface area contributed by atoms with Crippen molar-refractivity contribution in [2.45, 2.75) is 69.2 Å². The van der Waals surface area contributed by atoms with E-state index in [0.29, 0.717) is 5.41 Å². The minimum Gasteiger partial charge on any atom is -0.207 e. The third kappa shape index (κ3) is 22.5. The van der Waals surface area contributed by atoms with E-state index < -0.39 is 0 Å². The van der Waals surface area contributed by atoms with Gasteiger partial charge in [0, 0.05) is 0 Å². The summed E-state index contributed by atoms with van der Waals surface area (Å²) in [7, 11) is 0. The molecule has 0 fully saturated rings. The fourth-order valence-corrected chi connectivity index (χ4v) is 0.956. The topological polar surface area (TPSA) is 0 Å². The molecule has 0 saturated carbocycles. The van der Waals surface area contributed by atoms with Crippen molar-refractivity contribution in [3.63, 3.8) is 0 Å². The molecule has 0 spiro atoms. The molecule has 1 heteroatoms. The van der Waals surface area contributed by atoms with Crippen molar-refractivity contribution in [1.29, 1.82) is 0 Å². The zero-order valence-corrected chi connectivity index (χ0v) is 17.4. The van der Waals surface area contributed by atoms with Gasteiger partial charge in [-0.3, -0.25) is 0 Å². The van der Waals surface area contributed by atoms with Crippen LogP contribution in [0.4, 0.5) is 4.39 Å². The van der Waals surface area contributed by atoms with Crippen LogP contribution in [0.1, 0.15) is 69.2 Å². The lowest BCUT2D eigenvalue weighted by Gasteiger charge is -2.18. The Hall–Kier alpha value is -1.81. The van der Waals surface area contributed by atoms with Gasteiger partial charge in [0.15, 0.2) is 0 Å². The Kier molecular flexibility index (Phi) is 19.8. The first-order valence-electron chi connectivity index (χ1n) is 8.51. The summed E-state index contributed by atoms with van der Waals surface area (Å²) >= 11 is 0. The van der Waals surface area contributed by atoms with Crippen LogP contribution in [0.3, 0.4) is 0 Å².